The molecule has 0 radical (unpaired) electrons. The summed E-state index contributed by atoms with van der Waals surface area (Å²) in [6.45, 7) is 4.76. The highest BCUT2D eigenvalue weighted by atomic mass is 16.5. The third-order valence-electron chi connectivity index (χ3n) is 3.49. The van der Waals surface area contributed by atoms with E-state index < -0.39 is 17.6 Å². The van der Waals surface area contributed by atoms with Gasteiger partial charge < -0.3 is 14.6 Å². The number of methoxy groups -OCH3 is 1. The smallest absolute Gasteiger partial charge is 0.328 e. The van der Waals surface area contributed by atoms with Crippen LogP contribution in [0.25, 0.3) is 0 Å². The molecule has 1 unspecified atom stereocenters. The Hall–Kier alpha value is -2.08. The van der Waals surface area contributed by atoms with Crippen molar-refractivity contribution in [2.75, 3.05) is 12.0 Å². The molecule has 1 aliphatic heterocycles. The predicted octanol–water partition coefficient (Wildman–Crippen LogP) is 1.24. The average molecular weight is 293 g/mol. The Balaban J connectivity index is 2.54. The number of carbonyl (C=O) groups excluding carboxylic acids is 2. The van der Waals surface area contributed by atoms with E-state index in [0.29, 0.717) is 17.0 Å². The normalized spacial score (nSPS) is 17.8. The van der Waals surface area contributed by atoms with Crippen LogP contribution in [0.15, 0.2) is 18.2 Å². The maximum absolute atomic E-state index is 12.6. The Kier molecular flexibility index (Phi) is 3.91. The maximum Gasteiger partial charge on any atom is 0.328 e. The first-order valence-electron chi connectivity index (χ1n) is 6.66. The lowest BCUT2D eigenvalue weighted by Crippen LogP contribution is -2.57. The summed E-state index contributed by atoms with van der Waals surface area (Å²) >= 11 is 0. The summed E-state index contributed by atoms with van der Waals surface area (Å²) in [5, 5.41) is 9.21. The van der Waals surface area contributed by atoms with Gasteiger partial charge in [-0.2, -0.15) is 0 Å². The van der Waals surface area contributed by atoms with E-state index in [2.05, 4.69) is 0 Å². The highest BCUT2D eigenvalue weighted by Crippen LogP contribution is 2.39. The summed E-state index contributed by atoms with van der Waals surface area (Å²) < 4.78 is 10.4. The van der Waals surface area contributed by atoms with Crippen molar-refractivity contribution in [3.63, 3.8) is 0 Å². The van der Waals surface area contributed by atoms with Gasteiger partial charge in [0.15, 0.2) is 5.60 Å². The van der Waals surface area contributed by atoms with Gasteiger partial charge in [-0.1, -0.05) is 6.07 Å². The topological polar surface area (TPSA) is 76.1 Å². The Morgan fingerprint density at radius 2 is 2.14 bits per heavy atom. The molecule has 1 heterocycles. The zero-order chi connectivity index (χ0) is 15.8. The van der Waals surface area contributed by atoms with Crippen LogP contribution in [0.2, 0.25) is 0 Å². The third-order valence-corrected chi connectivity index (χ3v) is 3.49. The molecule has 2 rings (SSSR count). The molecule has 21 heavy (non-hydrogen) atoms. The largest absolute Gasteiger partial charge is 0.476 e. The average Bonchev–Trinajstić information content (AvgIpc) is 2.46. The zero-order valence-corrected chi connectivity index (χ0v) is 12.5. The number of ether oxygens (including phenoxy) is 2. The summed E-state index contributed by atoms with van der Waals surface area (Å²) in [5.74, 6) is -0.357. The molecule has 0 fully saturated rings. The van der Waals surface area contributed by atoms with Crippen molar-refractivity contribution in [1.82, 2.24) is 0 Å². The molecular weight excluding hydrogens is 274 g/mol. The van der Waals surface area contributed by atoms with Gasteiger partial charge in [0, 0.05) is 0 Å². The van der Waals surface area contributed by atoms with E-state index in [4.69, 9.17) is 9.47 Å². The molecule has 1 aromatic carbocycles. The number of carbonyl (C=O) groups is 2. The molecule has 6 heteroatoms. The molecule has 0 saturated heterocycles. The van der Waals surface area contributed by atoms with Gasteiger partial charge in [0.25, 0.3) is 5.91 Å². The Morgan fingerprint density at radius 1 is 1.48 bits per heavy atom. The van der Waals surface area contributed by atoms with Gasteiger partial charge in [0.1, 0.15) is 11.8 Å². The molecule has 6 nitrogen and oxygen atoms in total. The van der Waals surface area contributed by atoms with Gasteiger partial charge in [-0.3, -0.25) is 9.69 Å². The van der Waals surface area contributed by atoms with E-state index in [0.717, 1.165) is 0 Å². The van der Waals surface area contributed by atoms with Crippen LogP contribution in [0.3, 0.4) is 0 Å². The molecular formula is C15H19NO5. The van der Waals surface area contributed by atoms with Gasteiger partial charge in [0.2, 0.25) is 0 Å². The van der Waals surface area contributed by atoms with Crippen LogP contribution < -0.4 is 9.64 Å². The highest BCUT2D eigenvalue weighted by Gasteiger charge is 2.44. The molecule has 0 spiro atoms. The van der Waals surface area contributed by atoms with Crippen molar-refractivity contribution < 1.29 is 24.2 Å². The number of fused-ring (bicyclic) bond motifs is 1. The van der Waals surface area contributed by atoms with Gasteiger partial charge in [0.05, 0.1) is 19.4 Å². The third kappa shape index (κ3) is 2.58. The minimum absolute atomic E-state index is 0.127. The summed E-state index contributed by atoms with van der Waals surface area (Å²) in [6, 6.07) is 4.25. The van der Waals surface area contributed by atoms with Crippen molar-refractivity contribution in [3.05, 3.63) is 23.8 Å². The minimum atomic E-state index is -1.09. The second-order valence-electron chi connectivity index (χ2n) is 5.45. The molecule has 1 aliphatic rings. The van der Waals surface area contributed by atoms with Crippen LogP contribution in [0, 0.1) is 0 Å². The summed E-state index contributed by atoms with van der Waals surface area (Å²) in [4.78, 5) is 25.8. The van der Waals surface area contributed by atoms with E-state index >= 15 is 0 Å². The quantitative estimate of drug-likeness (QED) is 0.849. The molecule has 0 saturated carbocycles. The highest BCUT2D eigenvalue weighted by molar-refractivity contribution is 6.06. The second kappa shape index (κ2) is 5.37. The van der Waals surface area contributed by atoms with Crippen LogP contribution in [-0.2, 0) is 20.9 Å². The second-order valence-corrected chi connectivity index (χ2v) is 5.45. The van der Waals surface area contributed by atoms with Crippen molar-refractivity contribution in [1.29, 1.82) is 0 Å². The van der Waals surface area contributed by atoms with Gasteiger partial charge >= 0.3 is 5.97 Å². The van der Waals surface area contributed by atoms with E-state index in [1.165, 1.54) is 12.0 Å². The standard InChI is InChI=1S/C15H19NO5/c1-9(13(18)20-4)16-11-6-5-10(8-17)7-12(11)21-15(2,3)14(16)19/h5-7,9,17H,8H2,1-4H3. The summed E-state index contributed by atoms with van der Waals surface area (Å²) in [5.41, 5.74) is 0.0718. The summed E-state index contributed by atoms with van der Waals surface area (Å²) in [6.07, 6.45) is 0. The SMILES string of the molecule is COC(=O)C(C)N1C(=O)C(C)(C)Oc2cc(CO)ccc21. The number of aliphatic hydroxyl groups excluding tert-OH is 1. The van der Waals surface area contributed by atoms with Crippen molar-refractivity contribution in [2.24, 2.45) is 0 Å². The number of rotatable bonds is 3. The monoisotopic (exact) mass is 293 g/mol. The molecule has 1 N–H and O–H groups in total. The predicted molar refractivity (Wildman–Crippen MR) is 76.0 cm³/mol. The van der Waals surface area contributed by atoms with Crippen LogP contribution >= 0.6 is 0 Å². The fourth-order valence-electron chi connectivity index (χ4n) is 2.32. The van der Waals surface area contributed by atoms with E-state index in [1.54, 1.807) is 39.0 Å². The number of aliphatic hydroxyl groups is 1. The number of benzene rings is 1. The molecule has 0 aromatic heterocycles. The number of esters is 1. The van der Waals surface area contributed by atoms with Crippen LogP contribution in [0.1, 0.15) is 26.3 Å². The number of amides is 1. The fourth-order valence-corrected chi connectivity index (χ4v) is 2.32. The minimum Gasteiger partial charge on any atom is -0.476 e. The summed E-state index contributed by atoms with van der Waals surface area (Å²) in [7, 11) is 1.28. The maximum atomic E-state index is 12.6. The van der Waals surface area contributed by atoms with Gasteiger partial charge in [-0.05, 0) is 38.5 Å². The Labute approximate surface area is 123 Å². The first-order chi connectivity index (χ1) is 9.81. The number of hydrogen-bond donors (Lipinski definition) is 1. The fraction of sp³-hybridized carbons (Fsp3) is 0.467. The first-order valence-corrected chi connectivity index (χ1v) is 6.66. The van der Waals surface area contributed by atoms with Crippen molar-refractivity contribution >= 4 is 17.6 Å². The number of nitrogens with zero attached hydrogens (tertiary/aromatic N) is 1. The lowest BCUT2D eigenvalue weighted by Gasteiger charge is -2.40. The van der Waals surface area contributed by atoms with Gasteiger partial charge in [-0.15, -0.1) is 0 Å². The Morgan fingerprint density at radius 3 is 2.71 bits per heavy atom. The van der Waals surface area contributed by atoms with Crippen molar-refractivity contribution in [2.45, 2.75) is 39.0 Å². The number of hydrogen-bond acceptors (Lipinski definition) is 5. The first kappa shape index (κ1) is 15.3. The van der Waals surface area contributed by atoms with Crippen LogP contribution in [0.5, 0.6) is 5.75 Å². The van der Waals surface area contributed by atoms with E-state index in [-0.39, 0.29) is 12.5 Å². The molecule has 0 aliphatic carbocycles. The molecule has 114 valence electrons. The van der Waals surface area contributed by atoms with E-state index in [1.807, 2.05) is 0 Å². The lowest BCUT2D eigenvalue weighted by molar-refractivity contribution is -0.145. The van der Waals surface area contributed by atoms with Gasteiger partial charge in [-0.25, -0.2) is 4.79 Å². The number of anilines is 1. The van der Waals surface area contributed by atoms with Crippen molar-refractivity contribution in [3.8, 4) is 5.75 Å². The lowest BCUT2D eigenvalue weighted by atomic mass is 10.0. The van der Waals surface area contributed by atoms with E-state index in [9.17, 15) is 14.7 Å². The molecule has 1 aromatic rings. The molecule has 1 amide bonds. The van der Waals surface area contributed by atoms with Crippen LogP contribution in [0.4, 0.5) is 5.69 Å². The molecule has 0 bridgehead atoms. The zero-order valence-electron chi connectivity index (χ0n) is 12.5. The molecule has 1 atom stereocenters. The Bertz CT molecular complexity index is 581. The van der Waals surface area contributed by atoms with Crippen LogP contribution in [-0.4, -0.2) is 35.7 Å².